The average Bonchev–Trinajstić information content (AvgIpc) is 2.81. The molecule has 148 valence electrons. The molecule has 0 unspecified atom stereocenters. The van der Waals surface area contributed by atoms with Gasteiger partial charge in [0.2, 0.25) is 5.91 Å². The van der Waals surface area contributed by atoms with Gasteiger partial charge in [0.15, 0.2) is 5.43 Å². The summed E-state index contributed by atoms with van der Waals surface area (Å²) in [5.74, 6) is -0.257. The summed E-state index contributed by atoms with van der Waals surface area (Å²) in [6.45, 7) is 6.84. The van der Waals surface area contributed by atoms with Gasteiger partial charge in [0.25, 0.3) is 5.91 Å². The monoisotopic (exact) mass is 381 g/mol. The lowest BCUT2D eigenvalue weighted by Gasteiger charge is -2.31. The van der Waals surface area contributed by atoms with E-state index in [2.05, 4.69) is 4.98 Å². The Morgan fingerprint density at radius 2 is 1.89 bits per heavy atom. The third kappa shape index (κ3) is 4.16. The van der Waals surface area contributed by atoms with Gasteiger partial charge < -0.3 is 14.8 Å². The number of aryl methyl sites for hydroxylation is 2. The second-order valence-corrected chi connectivity index (χ2v) is 7.39. The molecule has 1 saturated heterocycles. The van der Waals surface area contributed by atoms with Gasteiger partial charge in [-0.3, -0.25) is 14.4 Å². The molecular weight excluding hydrogens is 354 g/mol. The number of hydrogen-bond acceptors (Lipinski definition) is 3. The molecule has 1 aromatic carbocycles. The first-order chi connectivity index (χ1) is 13.4. The number of aromatic amines is 1. The molecule has 1 N–H and O–H groups in total. The molecule has 1 aliphatic heterocycles. The Bertz CT molecular complexity index is 920. The van der Waals surface area contributed by atoms with Gasteiger partial charge in [-0.1, -0.05) is 37.3 Å². The van der Waals surface area contributed by atoms with E-state index < -0.39 is 0 Å². The van der Waals surface area contributed by atoms with Crippen molar-refractivity contribution in [3.05, 3.63) is 69.1 Å². The van der Waals surface area contributed by atoms with Crippen molar-refractivity contribution in [3.63, 3.8) is 0 Å². The highest BCUT2D eigenvalue weighted by Crippen LogP contribution is 2.19. The van der Waals surface area contributed by atoms with Crippen LogP contribution in [-0.2, 0) is 11.3 Å². The number of pyridine rings is 1. The predicted octanol–water partition coefficient (Wildman–Crippen LogP) is 2.65. The van der Waals surface area contributed by atoms with E-state index >= 15 is 0 Å². The molecule has 0 radical (unpaired) electrons. The Morgan fingerprint density at radius 3 is 2.54 bits per heavy atom. The topological polar surface area (TPSA) is 73.5 Å². The van der Waals surface area contributed by atoms with Crippen LogP contribution in [-0.4, -0.2) is 45.7 Å². The number of nitrogens with one attached hydrogen (secondary N) is 1. The van der Waals surface area contributed by atoms with Gasteiger partial charge >= 0.3 is 0 Å². The summed E-state index contributed by atoms with van der Waals surface area (Å²) in [6, 6.07) is 11.2. The number of amides is 2. The molecule has 2 amide bonds. The fraction of sp³-hybridized carbons (Fsp3) is 0.409. The lowest BCUT2D eigenvalue weighted by Crippen LogP contribution is -2.44. The molecule has 3 rings (SSSR count). The van der Waals surface area contributed by atoms with Gasteiger partial charge in [-0.15, -0.1) is 0 Å². The zero-order valence-electron chi connectivity index (χ0n) is 16.7. The molecule has 1 aliphatic rings. The van der Waals surface area contributed by atoms with Crippen molar-refractivity contribution in [1.82, 2.24) is 14.8 Å². The molecule has 6 heteroatoms. The highest BCUT2D eigenvalue weighted by Gasteiger charge is 2.32. The summed E-state index contributed by atoms with van der Waals surface area (Å²) in [4.78, 5) is 44.9. The smallest absolute Gasteiger partial charge is 0.259 e. The lowest BCUT2D eigenvalue weighted by molar-refractivity contribution is -0.133. The van der Waals surface area contributed by atoms with Gasteiger partial charge in [-0.05, 0) is 25.8 Å². The third-order valence-electron chi connectivity index (χ3n) is 5.31. The maximum Gasteiger partial charge on any atom is 0.259 e. The normalized spacial score (nSPS) is 17.5. The maximum atomic E-state index is 13.1. The van der Waals surface area contributed by atoms with E-state index in [0.717, 1.165) is 17.7 Å². The number of rotatable bonds is 4. The van der Waals surface area contributed by atoms with Crippen LogP contribution in [0.1, 0.15) is 47.1 Å². The molecule has 28 heavy (non-hydrogen) atoms. The number of carbonyl (C=O) groups excluding carboxylic acids is 2. The second-order valence-electron chi connectivity index (χ2n) is 7.39. The number of carbonyl (C=O) groups is 2. The van der Waals surface area contributed by atoms with Crippen LogP contribution in [0.15, 0.2) is 41.2 Å². The van der Waals surface area contributed by atoms with Crippen molar-refractivity contribution in [2.75, 3.05) is 13.1 Å². The maximum absolute atomic E-state index is 13.1. The van der Waals surface area contributed by atoms with Crippen molar-refractivity contribution in [2.24, 2.45) is 0 Å². The fourth-order valence-corrected chi connectivity index (χ4v) is 3.83. The summed E-state index contributed by atoms with van der Waals surface area (Å²) in [5.41, 5.74) is 2.26. The molecule has 1 atom stereocenters. The Balaban J connectivity index is 1.85. The molecule has 0 saturated carbocycles. The van der Waals surface area contributed by atoms with Crippen LogP contribution in [0.25, 0.3) is 0 Å². The summed E-state index contributed by atoms with van der Waals surface area (Å²) in [5, 5.41) is 0. The first-order valence-electron chi connectivity index (χ1n) is 9.74. The minimum atomic E-state index is -0.299. The highest BCUT2D eigenvalue weighted by molar-refractivity contribution is 5.95. The van der Waals surface area contributed by atoms with Gasteiger partial charge in [-0.2, -0.15) is 0 Å². The van der Waals surface area contributed by atoms with Crippen molar-refractivity contribution < 1.29 is 9.59 Å². The highest BCUT2D eigenvalue weighted by atomic mass is 16.2. The Hall–Kier alpha value is -2.89. The van der Waals surface area contributed by atoms with E-state index in [1.54, 1.807) is 18.7 Å². The number of benzene rings is 1. The quantitative estimate of drug-likeness (QED) is 0.885. The molecule has 1 fully saturated rings. The van der Waals surface area contributed by atoms with Gasteiger partial charge in [0.05, 0.1) is 0 Å². The van der Waals surface area contributed by atoms with Crippen LogP contribution in [0.2, 0.25) is 0 Å². The van der Waals surface area contributed by atoms with E-state index in [1.165, 1.54) is 6.07 Å². The first-order valence-corrected chi connectivity index (χ1v) is 9.74. The van der Waals surface area contributed by atoms with E-state index in [4.69, 9.17) is 0 Å². The van der Waals surface area contributed by atoms with Crippen molar-refractivity contribution in [1.29, 1.82) is 0 Å². The van der Waals surface area contributed by atoms with Crippen molar-refractivity contribution in [2.45, 2.75) is 46.2 Å². The molecule has 2 aromatic rings. The average molecular weight is 381 g/mol. The summed E-state index contributed by atoms with van der Waals surface area (Å²) < 4.78 is 0. The largest absolute Gasteiger partial charge is 0.362 e. The van der Waals surface area contributed by atoms with Crippen LogP contribution < -0.4 is 5.43 Å². The zero-order valence-corrected chi connectivity index (χ0v) is 16.7. The molecule has 0 spiro atoms. The standard InChI is InChI=1S/C22H27N3O3/c1-4-18-14-24(22(28)21-16(3)23-15(2)12-19(21)26)11-10-20(27)25(18)13-17-8-6-5-7-9-17/h5-9,12,18H,4,10-11,13-14H2,1-3H3,(H,23,26)/t18-/m1/s1. The fourth-order valence-electron chi connectivity index (χ4n) is 3.83. The van der Waals surface area contributed by atoms with Crippen LogP contribution in [0.4, 0.5) is 0 Å². The minimum Gasteiger partial charge on any atom is -0.362 e. The van der Waals surface area contributed by atoms with Crippen molar-refractivity contribution >= 4 is 11.8 Å². The van der Waals surface area contributed by atoms with E-state index in [0.29, 0.717) is 25.3 Å². The van der Waals surface area contributed by atoms with E-state index in [9.17, 15) is 14.4 Å². The summed E-state index contributed by atoms with van der Waals surface area (Å²) in [7, 11) is 0. The molecule has 1 aromatic heterocycles. The molecular formula is C22H27N3O3. The third-order valence-corrected chi connectivity index (χ3v) is 5.31. The second kappa shape index (κ2) is 8.42. The van der Waals surface area contributed by atoms with Crippen LogP contribution in [0, 0.1) is 13.8 Å². The van der Waals surface area contributed by atoms with Crippen LogP contribution >= 0.6 is 0 Å². The summed E-state index contributed by atoms with van der Waals surface area (Å²) >= 11 is 0. The molecule has 0 aliphatic carbocycles. The van der Waals surface area contributed by atoms with Crippen LogP contribution in [0.5, 0.6) is 0 Å². The summed E-state index contributed by atoms with van der Waals surface area (Å²) in [6.07, 6.45) is 1.00. The number of nitrogens with zero attached hydrogens (tertiary/aromatic N) is 2. The first kappa shape index (κ1) is 19.9. The zero-order chi connectivity index (χ0) is 20.3. The van der Waals surface area contributed by atoms with E-state index in [-0.39, 0.29) is 35.3 Å². The molecule has 6 nitrogen and oxygen atoms in total. The lowest BCUT2D eigenvalue weighted by atomic mass is 10.1. The Kier molecular flexibility index (Phi) is 5.97. The van der Waals surface area contributed by atoms with Gasteiger partial charge in [0.1, 0.15) is 5.56 Å². The van der Waals surface area contributed by atoms with Crippen molar-refractivity contribution in [3.8, 4) is 0 Å². The molecule has 2 heterocycles. The van der Waals surface area contributed by atoms with E-state index in [1.807, 2.05) is 42.2 Å². The van der Waals surface area contributed by atoms with Gasteiger partial charge in [0, 0.05) is 49.6 Å². The van der Waals surface area contributed by atoms with Crippen LogP contribution in [0.3, 0.4) is 0 Å². The Morgan fingerprint density at radius 1 is 1.18 bits per heavy atom. The predicted molar refractivity (Wildman–Crippen MR) is 108 cm³/mol. The van der Waals surface area contributed by atoms with Gasteiger partial charge in [-0.25, -0.2) is 0 Å². The molecule has 0 bridgehead atoms. The number of H-pyrrole nitrogens is 1. The minimum absolute atomic E-state index is 0.0422. The number of aromatic nitrogens is 1. The SMILES string of the molecule is CC[C@@H]1CN(C(=O)c2c(C)[nH]c(C)cc2=O)CCC(=O)N1Cc1ccccc1. The Labute approximate surface area is 165 Å². The number of hydrogen-bond donors (Lipinski definition) is 1.